The van der Waals surface area contributed by atoms with Crippen LogP contribution in [0.2, 0.25) is 0 Å². The molecular formula is C15H21N3O3S2. The Bertz CT molecular complexity index is 724. The molecule has 0 saturated heterocycles. The van der Waals surface area contributed by atoms with Gasteiger partial charge in [-0.1, -0.05) is 25.6 Å². The third-order valence-corrected chi connectivity index (χ3v) is 4.91. The summed E-state index contributed by atoms with van der Waals surface area (Å²) in [6, 6.07) is 1.84. The van der Waals surface area contributed by atoms with Crippen LogP contribution in [0, 0.1) is 5.92 Å². The van der Waals surface area contributed by atoms with Crippen LogP contribution in [-0.4, -0.2) is 41.5 Å². The summed E-state index contributed by atoms with van der Waals surface area (Å²) in [5.41, 5.74) is 0.670. The van der Waals surface area contributed by atoms with Crippen molar-refractivity contribution < 1.29 is 9.53 Å². The number of rotatable bonds is 8. The van der Waals surface area contributed by atoms with E-state index in [2.05, 4.69) is 24.1 Å². The number of hydrogen-bond acceptors (Lipinski definition) is 6. The van der Waals surface area contributed by atoms with E-state index in [4.69, 9.17) is 4.74 Å². The van der Waals surface area contributed by atoms with Gasteiger partial charge in [-0.25, -0.2) is 4.98 Å². The van der Waals surface area contributed by atoms with Gasteiger partial charge in [0.05, 0.1) is 17.9 Å². The SMILES string of the molecule is COCCNC(=O)CSc1nc2ccsc2c(=O)n1CC(C)C. The van der Waals surface area contributed by atoms with Gasteiger partial charge in [0, 0.05) is 20.2 Å². The summed E-state index contributed by atoms with van der Waals surface area (Å²) in [7, 11) is 1.59. The number of fused-ring (bicyclic) bond motifs is 1. The molecule has 2 heterocycles. The lowest BCUT2D eigenvalue weighted by atomic mass is 10.2. The van der Waals surface area contributed by atoms with Gasteiger partial charge in [0.1, 0.15) is 4.70 Å². The zero-order chi connectivity index (χ0) is 16.8. The van der Waals surface area contributed by atoms with E-state index in [9.17, 15) is 9.59 Å². The van der Waals surface area contributed by atoms with Crippen molar-refractivity contribution in [2.45, 2.75) is 25.5 Å². The van der Waals surface area contributed by atoms with Gasteiger partial charge < -0.3 is 10.1 Å². The second kappa shape index (κ2) is 8.47. The largest absolute Gasteiger partial charge is 0.383 e. The first kappa shape index (κ1) is 18.0. The Hall–Kier alpha value is -1.38. The molecule has 0 radical (unpaired) electrons. The highest BCUT2D eigenvalue weighted by atomic mass is 32.2. The minimum absolute atomic E-state index is 0.0269. The molecule has 0 atom stereocenters. The van der Waals surface area contributed by atoms with Gasteiger partial charge in [-0.15, -0.1) is 11.3 Å². The monoisotopic (exact) mass is 355 g/mol. The molecule has 0 bridgehead atoms. The number of carbonyl (C=O) groups excluding carboxylic acids is 1. The molecular weight excluding hydrogens is 334 g/mol. The van der Waals surface area contributed by atoms with Crippen molar-refractivity contribution >= 4 is 39.2 Å². The van der Waals surface area contributed by atoms with Crippen molar-refractivity contribution in [2.75, 3.05) is 26.0 Å². The lowest BCUT2D eigenvalue weighted by molar-refractivity contribution is -0.118. The number of ether oxygens (including phenoxy) is 1. The molecule has 1 amide bonds. The summed E-state index contributed by atoms with van der Waals surface area (Å²) >= 11 is 2.69. The maximum Gasteiger partial charge on any atom is 0.272 e. The number of amides is 1. The van der Waals surface area contributed by atoms with Crippen LogP contribution in [0.3, 0.4) is 0 Å². The van der Waals surface area contributed by atoms with Crippen molar-refractivity contribution in [3.63, 3.8) is 0 Å². The molecule has 0 unspecified atom stereocenters. The highest BCUT2D eigenvalue weighted by Gasteiger charge is 2.14. The molecule has 2 aromatic heterocycles. The van der Waals surface area contributed by atoms with E-state index in [-0.39, 0.29) is 17.2 Å². The number of thioether (sulfide) groups is 1. The fourth-order valence-electron chi connectivity index (χ4n) is 2.03. The van der Waals surface area contributed by atoms with Crippen LogP contribution in [-0.2, 0) is 16.1 Å². The van der Waals surface area contributed by atoms with Gasteiger partial charge in [-0.3, -0.25) is 14.2 Å². The third-order valence-electron chi connectivity index (χ3n) is 3.04. The molecule has 0 aliphatic carbocycles. The van der Waals surface area contributed by atoms with Crippen LogP contribution in [0.4, 0.5) is 0 Å². The number of nitrogens with one attached hydrogen (secondary N) is 1. The van der Waals surface area contributed by atoms with E-state index in [0.717, 1.165) is 0 Å². The van der Waals surface area contributed by atoms with Crippen molar-refractivity contribution in [3.8, 4) is 0 Å². The van der Waals surface area contributed by atoms with Crippen LogP contribution in [0.15, 0.2) is 21.4 Å². The fraction of sp³-hybridized carbons (Fsp3) is 0.533. The van der Waals surface area contributed by atoms with Crippen molar-refractivity contribution in [1.82, 2.24) is 14.9 Å². The summed E-state index contributed by atoms with van der Waals surface area (Å²) in [6.07, 6.45) is 0. The fourth-order valence-corrected chi connectivity index (χ4v) is 3.65. The van der Waals surface area contributed by atoms with Crippen molar-refractivity contribution in [1.29, 1.82) is 0 Å². The Labute approximate surface area is 143 Å². The first-order valence-electron chi connectivity index (χ1n) is 7.39. The Balaban J connectivity index is 2.17. The topological polar surface area (TPSA) is 73.2 Å². The number of thiophene rings is 1. The maximum absolute atomic E-state index is 12.6. The maximum atomic E-state index is 12.6. The van der Waals surface area contributed by atoms with E-state index in [0.29, 0.717) is 41.0 Å². The zero-order valence-electron chi connectivity index (χ0n) is 13.5. The standard InChI is InChI=1S/C15H21N3O3S2/c1-10(2)8-18-14(20)13-11(4-7-22-13)17-15(18)23-9-12(19)16-5-6-21-3/h4,7,10H,5-6,8-9H2,1-3H3,(H,16,19). The number of aromatic nitrogens is 2. The molecule has 126 valence electrons. The normalized spacial score (nSPS) is 11.3. The van der Waals surface area contributed by atoms with E-state index < -0.39 is 0 Å². The van der Waals surface area contributed by atoms with Crippen LogP contribution in [0.5, 0.6) is 0 Å². The van der Waals surface area contributed by atoms with E-state index in [1.807, 2.05) is 11.4 Å². The number of nitrogens with zero attached hydrogens (tertiary/aromatic N) is 2. The zero-order valence-corrected chi connectivity index (χ0v) is 15.1. The summed E-state index contributed by atoms with van der Waals surface area (Å²) in [4.78, 5) is 29.0. The molecule has 0 spiro atoms. The molecule has 0 aliphatic heterocycles. The smallest absolute Gasteiger partial charge is 0.272 e. The van der Waals surface area contributed by atoms with E-state index in [1.54, 1.807) is 11.7 Å². The lowest BCUT2D eigenvalue weighted by Crippen LogP contribution is -2.29. The van der Waals surface area contributed by atoms with Crippen LogP contribution >= 0.6 is 23.1 Å². The van der Waals surface area contributed by atoms with Gasteiger partial charge in [0.25, 0.3) is 5.56 Å². The van der Waals surface area contributed by atoms with Gasteiger partial charge in [0.15, 0.2) is 5.16 Å². The summed E-state index contributed by atoms with van der Waals surface area (Å²) in [6.45, 7) is 5.65. The van der Waals surface area contributed by atoms with Crippen molar-refractivity contribution in [3.05, 3.63) is 21.8 Å². The first-order valence-corrected chi connectivity index (χ1v) is 9.26. The molecule has 0 aromatic carbocycles. The van der Waals surface area contributed by atoms with Crippen LogP contribution in [0.25, 0.3) is 10.2 Å². The summed E-state index contributed by atoms with van der Waals surface area (Å²) in [5.74, 6) is 0.453. The molecule has 23 heavy (non-hydrogen) atoms. The molecule has 2 rings (SSSR count). The Morgan fingerprint density at radius 2 is 2.30 bits per heavy atom. The number of methoxy groups -OCH3 is 1. The van der Waals surface area contributed by atoms with Crippen LogP contribution < -0.4 is 10.9 Å². The molecule has 6 nitrogen and oxygen atoms in total. The predicted octanol–water partition coefficient (Wildman–Crippen LogP) is 1.97. The second-order valence-corrected chi connectivity index (χ2v) is 7.33. The van der Waals surface area contributed by atoms with E-state index >= 15 is 0 Å². The average molecular weight is 355 g/mol. The highest BCUT2D eigenvalue weighted by molar-refractivity contribution is 7.99. The van der Waals surface area contributed by atoms with Gasteiger partial charge >= 0.3 is 0 Å². The molecule has 8 heteroatoms. The molecule has 0 saturated carbocycles. The third kappa shape index (κ3) is 4.79. The molecule has 1 N–H and O–H groups in total. The summed E-state index contributed by atoms with van der Waals surface area (Å²) in [5, 5.41) is 5.22. The predicted molar refractivity (Wildman–Crippen MR) is 94.3 cm³/mol. The van der Waals surface area contributed by atoms with E-state index in [1.165, 1.54) is 23.1 Å². The minimum atomic E-state index is -0.0946. The lowest BCUT2D eigenvalue weighted by Gasteiger charge is -2.13. The molecule has 0 fully saturated rings. The molecule has 2 aromatic rings. The van der Waals surface area contributed by atoms with Gasteiger partial charge in [-0.2, -0.15) is 0 Å². The van der Waals surface area contributed by atoms with Crippen molar-refractivity contribution in [2.24, 2.45) is 5.92 Å². The Morgan fingerprint density at radius 3 is 3.00 bits per heavy atom. The minimum Gasteiger partial charge on any atom is -0.383 e. The first-order chi connectivity index (χ1) is 11.0. The Morgan fingerprint density at radius 1 is 1.52 bits per heavy atom. The second-order valence-electron chi connectivity index (χ2n) is 5.47. The highest BCUT2D eigenvalue weighted by Crippen LogP contribution is 2.21. The molecule has 0 aliphatic rings. The van der Waals surface area contributed by atoms with Gasteiger partial charge in [-0.05, 0) is 17.4 Å². The van der Waals surface area contributed by atoms with Gasteiger partial charge in [0.2, 0.25) is 5.91 Å². The number of carbonyl (C=O) groups is 1. The summed E-state index contributed by atoms with van der Waals surface area (Å²) < 4.78 is 7.24. The number of hydrogen-bond donors (Lipinski definition) is 1. The average Bonchev–Trinajstić information content (AvgIpc) is 2.97. The Kier molecular flexibility index (Phi) is 6.61. The van der Waals surface area contributed by atoms with Crippen LogP contribution in [0.1, 0.15) is 13.8 Å². The quantitative estimate of drug-likeness (QED) is 0.445.